The molecular weight excluding hydrogens is 228 g/mol. The van der Waals surface area contributed by atoms with Gasteiger partial charge in [0.2, 0.25) is 0 Å². The minimum absolute atomic E-state index is 0.130. The van der Waals surface area contributed by atoms with Crippen molar-refractivity contribution in [3.05, 3.63) is 23.5 Å². The molecule has 1 atom stereocenters. The average Bonchev–Trinajstić information content (AvgIpc) is 2.81. The van der Waals surface area contributed by atoms with E-state index < -0.39 is 0 Å². The van der Waals surface area contributed by atoms with E-state index in [2.05, 4.69) is 20.5 Å². The third-order valence-corrected chi connectivity index (χ3v) is 2.67. The minimum atomic E-state index is -0.130. The molecule has 2 aromatic rings. The number of hydrogen-bond acceptors (Lipinski definition) is 4. The minimum Gasteiger partial charge on any atom is -0.317 e. The van der Waals surface area contributed by atoms with Gasteiger partial charge in [-0.3, -0.25) is 0 Å². The topological polar surface area (TPSA) is 61.4 Å². The molecule has 0 aliphatic rings. The predicted molar refractivity (Wildman–Crippen MR) is 59.1 cm³/mol. The van der Waals surface area contributed by atoms with E-state index in [-0.39, 0.29) is 5.38 Å². The summed E-state index contributed by atoms with van der Waals surface area (Å²) in [7, 11) is 1.92. The first-order valence-corrected chi connectivity index (χ1v) is 5.40. The van der Waals surface area contributed by atoms with E-state index in [0.29, 0.717) is 6.54 Å². The van der Waals surface area contributed by atoms with Gasteiger partial charge in [-0.2, -0.15) is 0 Å². The van der Waals surface area contributed by atoms with E-state index in [1.54, 1.807) is 4.68 Å². The smallest absolute Gasteiger partial charge is 0.154 e. The molecule has 0 aliphatic heterocycles. The molecule has 0 N–H and O–H groups in total. The molecule has 86 valence electrons. The molecule has 7 heteroatoms. The van der Waals surface area contributed by atoms with Gasteiger partial charge in [0, 0.05) is 7.05 Å². The monoisotopic (exact) mass is 240 g/mol. The van der Waals surface area contributed by atoms with E-state index in [4.69, 9.17) is 11.6 Å². The maximum absolute atomic E-state index is 5.91. The Labute approximate surface area is 98.2 Å². The fourth-order valence-corrected chi connectivity index (χ4v) is 1.41. The number of aryl methyl sites for hydroxylation is 1. The molecule has 2 rings (SSSR count). The summed E-state index contributed by atoms with van der Waals surface area (Å²) in [5.41, 5.74) is 0.764. The fourth-order valence-electron chi connectivity index (χ4n) is 1.31. The van der Waals surface area contributed by atoms with Crippen molar-refractivity contribution in [2.24, 2.45) is 7.05 Å². The Kier molecular flexibility index (Phi) is 2.91. The van der Waals surface area contributed by atoms with Crippen LogP contribution in [0, 0.1) is 6.92 Å². The van der Waals surface area contributed by atoms with Gasteiger partial charge in [-0.15, -0.1) is 26.9 Å². The molecule has 0 saturated heterocycles. The van der Waals surface area contributed by atoms with Crippen LogP contribution in [-0.2, 0) is 13.6 Å². The van der Waals surface area contributed by atoms with Crippen LogP contribution in [0.3, 0.4) is 0 Å². The quantitative estimate of drug-likeness (QED) is 0.753. The highest BCUT2D eigenvalue weighted by atomic mass is 35.5. The van der Waals surface area contributed by atoms with Crippen molar-refractivity contribution in [3.63, 3.8) is 0 Å². The van der Waals surface area contributed by atoms with Gasteiger partial charge < -0.3 is 4.57 Å². The van der Waals surface area contributed by atoms with Gasteiger partial charge in [-0.1, -0.05) is 5.21 Å². The highest BCUT2D eigenvalue weighted by molar-refractivity contribution is 6.20. The van der Waals surface area contributed by atoms with Crippen molar-refractivity contribution in [3.8, 4) is 0 Å². The lowest BCUT2D eigenvalue weighted by atomic mass is 10.4. The summed E-state index contributed by atoms with van der Waals surface area (Å²) >= 11 is 5.91. The maximum Gasteiger partial charge on any atom is 0.154 e. The molecule has 2 aromatic heterocycles. The summed E-state index contributed by atoms with van der Waals surface area (Å²) in [5.74, 6) is 1.72. The summed E-state index contributed by atoms with van der Waals surface area (Å²) in [6.07, 6.45) is 1.82. The molecular formula is C9H13ClN6. The van der Waals surface area contributed by atoms with Crippen LogP contribution in [0.5, 0.6) is 0 Å². The third kappa shape index (κ3) is 2.06. The van der Waals surface area contributed by atoms with E-state index in [9.17, 15) is 0 Å². The standard InChI is InChI=1S/C9H13ClN6/c1-6(10)8-4-16(14-12-8)5-9-13-11-7(2)15(9)3/h4,6H,5H2,1-3H3. The number of nitrogens with zero attached hydrogens (tertiary/aromatic N) is 6. The van der Waals surface area contributed by atoms with E-state index >= 15 is 0 Å². The Morgan fingerprint density at radius 1 is 1.38 bits per heavy atom. The zero-order chi connectivity index (χ0) is 11.7. The highest BCUT2D eigenvalue weighted by Crippen LogP contribution is 2.15. The summed E-state index contributed by atoms with van der Waals surface area (Å²) in [4.78, 5) is 0. The van der Waals surface area contributed by atoms with Gasteiger partial charge in [0.1, 0.15) is 18.1 Å². The van der Waals surface area contributed by atoms with Crippen LogP contribution in [-0.4, -0.2) is 29.8 Å². The number of aromatic nitrogens is 6. The van der Waals surface area contributed by atoms with Crippen LogP contribution in [0.1, 0.15) is 29.6 Å². The molecule has 16 heavy (non-hydrogen) atoms. The van der Waals surface area contributed by atoms with Crippen LogP contribution in [0.25, 0.3) is 0 Å². The normalized spacial score (nSPS) is 13.0. The number of alkyl halides is 1. The molecule has 0 bridgehead atoms. The van der Waals surface area contributed by atoms with Gasteiger partial charge >= 0.3 is 0 Å². The molecule has 0 amide bonds. The molecule has 1 unspecified atom stereocenters. The lowest BCUT2D eigenvalue weighted by Crippen LogP contribution is -2.07. The van der Waals surface area contributed by atoms with Gasteiger partial charge in [0.05, 0.1) is 11.6 Å². The molecule has 0 aromatic carbocycles. The predicted octanol–water partition coefficient (Wildman–Crippen LogP) is 1.06. The summed E-state index contributed by atoms with van der Waals surface area (Å²) in [6.45, 7) is 4.32. The number of rotatable bonds is 3. The Hall–Kier alpha value is -1.43. The SMILES string of the molecule is Cc1nnc(Cn2cc(C(C)Cl)nn2)n1C. The lowest BCUT2D eigenvalue weighted by molar-refractivity contribution is 0.603. The second kappa shape index (κ2) is 4.21. The van der Waals surface area contributed by atoms with E-state index in [1.807, 2.05) is 31.7 Å². The fraction of sp³-hybridized carbons (Fsp3) is 0.556. The van der Waals surface area contributed by atoms with Crippen molar-refractivity contribution < 1.29 is 0 Å². The molecule has 0 saturated carbocycles. The van der Waals surface area contributed by atoms with Crippen molar-refractivity contribution in [1.29, 1.82) is 0 Å². The summed E-state index contributed by atoms with van der Waals surface area (Å²) in [5, 5.41) is 15.9. The molecule has 0 aliphatic carbocycles. The Morgan fingerprint density at radius 2 is 2.12 bits per heavy atom. The van der Waals surface area contributed by atoms with Crippen LogP contribution >= 0.6 is 11.6 Å². The molecule has 0 fully saturated rings. The van der Waals surface area contributed by atoms with Crippen LogP contribution in [0.2, 0.25) is 0 Å². The Bertz CT molecular complexity index is 486. The Balaban J connectivity index is 2.17. The van der Waals surface area contributed by atoms with Crippen LogP contribution < -0.4 is 0 Å². The lowest BCUT2D eigenvalue weighted by Gasteiger charge is -2.00. The molecule has 0 radical (unpaired) electrons. The summed E-state index contributed by atoms with van der Waals surface area (Å²) in [6, 6.07) is 0. The maximum atomic E-state index is 5.91. The zero-order valence-corrected chi connectivity index (χ0v) is 10.2. The first kappa shape index (κ1) is 11.1. The van der Waals surface area contributed by atoms with E-state index in [1.165, 1.54) is 0 Å². The van der Waals surface area contributed by atoms with Crippen molar-refractivity contribution in [2.75, 3.05) is 0 Å². The molecule has 2 heterocycles. The van der Waals surface area contributed by atoms with Crippen LogP contribution in [0.4, 0.5) is 0 Å². The van der Waals surface area contributed by atoms with Gasteiger partial charge in [-0.25, -0.2) is 4.68 Å². The van der Waals surface area contributed by atoms with Gasteiger partial charge in [-0.05, 0) is 13.8 Å². The zero-order valence-electron chi connectivity index (χ0n) is 9.42. The molecule has 6 nitrogen and oxygen atoms in total. The second-order valence-electron chi connectivity index (χ2n) is 3.68. The molecule has 0 spiro atoms. The number of halogens is 1. The third-order valence-electron chi connectivity index (χ3n) is 2.45. The first-order chi connectivity index (χ1) is 7.58. The van der Waals surface area contributed by atoms with Crippen molar-refractivity contribution in [1.82, 2.24) is 29.8 Å². The largest absolute Gasteiger partial charge is 0.317 e. The highest BCUT2D eigenvalue weighted by Gasteiger charge is 2.09. The first-order valence-electron chi connectivity index (χ1n) is 4.97. The van der Waals surface area contributed by atoms with Gasteiger partial charge in [0.15, 0.2) is 5.82 Å². The van der Waals surface area contributed by atoms with Crippen LogP contribution in [0.15, 0.2) is 6.20 Å². The Morgan fingerprint density at radius 3 is 2.62 bits per heavy atom. The summed E-state index contributed by atoms with van der Waals surface area (Å²) < 4.78 is 3.63. The van der Waals surface area contributed by atoms with E-state index in [0.717, 1.165) is 17.3 Å². The average molecular weight is 241 g/mol. The second-order valence-corrected chi connectivity index (χ2v) is 4.33. The van der Waals surface area contributed by atoms with Gasteiger partial charge in [0.25, 0.3) is 0 Å². The number of hydrogen-bond donors (Lipinski definition) is 0. The van der Waals surface area contributed by atoms with Crippen molar-refractivity contribution >= 4 is 11.6 Å². The van der Waals surface area contributed by atoms with Crippen molar-refractivity contribution in [2.45, 2.75) is 25.8 Å².